The summed E-state index contributed by atoms with van der Waals surface area (Å²) in [6.07, 6.45) is 0.757. The van der Waals surface area contributed by atoms with Crippen molar-refractivity contribution in [3.05, 3.63) is 41.6 Å². The number of ether oxygens (including phenoxy) is 1. The van der Waals surface area contributed by atoms with Crippen LogP contribution in [-0.4, -0.2) is 23.9 Å². The lowest BCUT2D eigenvalue weighted by atomic mass is 9.98. The Morgan fingerprint density at radius 2 is 1.95 bits per heavy atom. The van der Waals surface area contributed by atoms with Gasteiger partial charge >= 0.3 is 0 Å². The van der Waals surface area contributed by atoms with Crippen LogP contribution in [0.3, 0.4) is 0 Å². The second kappa shape index (κ2) is 6.48. The van der Waals surface area contributed by atoms with Gasteiger partial charge in [0.2, 0.25) is 0 Å². The summed E-state index contributed by atoms with van der Waals surface area (Å²) in [5.41, 5.74) is 9.54. The van der Waals surface area contributed by atoms with E-state index in [-0.39, 0.29) is 0 Å². The van der Waals surface area contributed by atoms with E-state index < -0.39 is 0 Å². The minimum Gasteiger partial charge on any atom is -0.496 e. The van der Waals surface area contributed by atoms with Crippen LogP contribution < -0.4 is 10.5 Å². The first-order valence-corrected chi connectivity index (χ1v) is 6.86. The standard InChI is InChI=1S/C16H21N3O/c1-11(2)14-10-12(4-7-16(14)20-3)15-6-5-13(8-9-17)18-19-15/h4-7,10-11H,8-9,17H2,1-3H3. The topological polar surface area (TPSA) is 61.0 Å². The summed E-state index contributed by atoms with van der Waals surface area (Å²) in [6.45, 7) is 4.89. The molecular weight excluding hydrogens is 250 g/mol. The molecule has 0 bridgehead atoms. The van der Waals surface area contributed by atoms with Crippen molar-refractivity contribution in [3.8, 4) is 17.0 Å². The fraction of sp³-hybridized carbons (Fsp3) is 0.375. The molecule has 0 atom stereocenters. The van der Waals surface area contributed by atoms with Crippen molar-refractivity contribution >= 4 is 0 Å². The average molecular weight is 271 g/mol. The second-order valence-electron chi connectivity index (χ2n) is 5.06. The maximum absolute atomic E-state index is 5.51. The number of nitrogens with zero attached hydrogens (tertiary/aromatic N) is 2. The number of hydrogen-bond donors (Lipinski definition) is 1. The summed E-state index contributed by atoms with van der Waals surface area (Å²) in [5.74, 6) is 1.31. The highest BCUT2D eigenvalue weighted by molar-refractivity contribution is 5.62. The van der Waals surface area contributed by atoms with Crippen LogP contribution in [0.2, 0.25) is 0 Å². The number of hydrogen-bond acceptors (Lipinski definition) is 4. The third kappa shape index (κ3) is 3.14. The van der Waals surface area contributed by atoms with Gasteiger partial charge < -0.3 is 10.5 Å². The summed E-state index contributed by atoms with van der Waals surface area (Å²) in [5, 5.41) is 8.48. The van der Waals surface area contributed by atoms with Gasteiger partial charge in [-0.25, -0.2) is 0 Å². The van der Waals surface area contributed by atoms with E-state index in [1.54, 1.807) is 7.11 Å². The summed E-state index contributed by atoms with van der Waals surface area (Å²) in [4.78, 5) is 0. The molecule has 2 aromatic rings. The molecule has 4 nitrogen and oxygen atoms in total. The Hall–Kier alpha value is -1.94. The van der Waals surface area contributed by atoms with Crippen LogP contribution in [0.25, 0.3) is 11.3 Å². The quantitative estimate of drug-likeness (QED) is 0.908. The molecule has 0 unspecified atom stereocenters. The van der Waals surface area contributed by atoms with E-state index in [1.807, 2.05) is 24.3 Å². The predicted molar refractivity (Wildman–Crippen MR) is 80.9 cm³/mol. The molecule has 0 amide bonds. The van der Waals surface area contributed by atoms with E-state index >= 15 is 0 Å². The number of rotatable bonds is 5. The Kier molecular flexibility index (Phi) is 4.69. The normalized spacial score (nSPS) is 10.8. The van der Waals surface area contributed by atoms with Gasteiger partial charge in [0.05, 0.1) is 18.5 Å². The van der Waals surface area contributed by atoms with Gasteiger partial charge in [-0.1, -0.05) is 13.8 Å². The van der Waals surface area contributed by atoms with Crippen LogP contribution in [0.5, 0.6) is 5.75 Å². The third-order valence-electron chi connectivity index (χ3n) is 3.27. The van der Waals surface area contributed by atoms with Crippen molar-refractivity contribution in [3.63, 3.8) is 0 Å². The smallest absolute Gasteiger partial charge is 0.122 e. The molecule has 0 fully saturated rings. The Bertz CT molecular complexity index is 564. The van der Waals surface area contributed by atoms with Crippen molar-refractivity contribution in [1.29, 1.82) is 0 Å². The molecule has 0 aliphatic carbocycles. The minimum atomic E-state index is 0.398. The first-order chi connectivity index (χ1) is 9.65. The van der Waals surface area contributed by atoms with E-state index in [1.165, 1.54) is 5.56 Å². The fourth-order valence-corrected chi connectivity index (χ4v) is 2.14. The molecule has 20 heavy (non-hydrogen) atoms. The molecule has 2 N–H and O–H groups in total. The predicted octanol–water partition coefficient (Wildman–Crippen LogP) is 2.78. The number of nitrogens with two attached hydrogens (primary N) is 1. The molecule has 106 valence electrons. The van der Waals surface area contributed by atoms with Crippen LogP contribution in [0.15, 0.2) is 30.3 Å². The van der Waals surface area contributed by atoms with Gasteiger partial charge in [-0.3, -0.25) is 0 Å². The van der Waals surface area contributed by atoms with E-state index in [2.05, 4.69) is 30.1 Å². The molecule has 0 spiro atoms. The van der Waals surface area contributed by atoms with E-state index in [0.29, 0.717) is 12.5 Å². The largest absolute Gasteiger partial charge is 0.496 e. The van der Waals surface area contributed by atoms with Crippen LogP contribution >= 0.6 is 0 Å². The lowest BCUT2D eigenvalue weighted by molar-refractivity contribution is 0.407. The van der Waals surface area contributed by atoms with Gasteiger partial charge in [0.25, 0.3) is 0 Å². The molecule has 4 heteroatoms. The van der Waals surface area contributed by atoms with Crippen molar-refractivity contribution in [2.75, 3.05) is 13.7 Å². The maximum atomic E-state index is 5.51. The van der Waals surface area contributed by atoms with Gasteiger partial charge in [0, 0.05) is 12.0 Å². The van der Waals surface area contributed by atoms with Crippen molar-refractivity contribution < 1.29 is 4.74 Å². The zero-order valence-corrected chi connectivity index (χ0v) is 12.3. The molecule has 0 aliphatic rings. The number of aromatic nitrogens is 2. The van der Waals surface area contributed by atoms with Gasteiger partial charge in [-0.05, 0) is 48.4 Å². The van der Waals surface area contributed by atoms with Gasteiger partial charge in [-0.15, -0.1) is 0 Å². The van der Waals surface area contributed by atoms with Crippen LogP contribution in [-0.2, 0) is 6.42 Å². The zero-order chi connectivity index (χ0) is 14.5. The molecule has 0 saturated heterocycles. The summed E-state index contributed by atoms with van der Waals surface area (Å²) in [6, 6.07) is 10.1. The Morgan fingerprint density at radius 3 is 2.50 bits per heavy atom. The van der Waals surface area contributed by atoms with Gasteiger partial charge in [-0.2, -0.15) is 10.2 Å². The lowest BCUT2D eigenvalue weighted by Crippen LogP contribution is -2.05. The highest BCUT2D eigenvalue weighted by atomic mass is 16.5. The van der Waals surface area contributed by atoms with Crippen LogP contribution in [0, 0.1) is 0 Å². The van der Waals surface area contributed by atoms with E-state index in [9.17, 15) is 0 Å². The average Bonchev–Trinajstić information content (AvgIpc) is 2.47. The number of methoxy groups -OCH3 is 1. The van der Waals surface area contributed by atoms with Crippen LogP contribution in [0.4, 0.5) is 0 Å². The molecule has 0 saturated carbocycles. The van der Waals surface area contributed by atoms with Crippen molar-refractivity contribution in [2.24, 2.45) is 5.73 Å². The summed E-state index contributed by atoms with van der Waals surface area (Å²) < 4.78 is 5.40. The highest BCUT2D eigenvalue weighted by Crippen LogP contribution is 2.30. The number of benzene rings is 1. The fourth-order valence-electron chi connectivity index (χ4n) is 2.14. The Balaban J connectivity index is 2.35. The first-order valence-electron chi connectivity index (χ1n) is 6.86. The Morgan fingerprint density at radius 1 is 1.15 bits per heavy atom. The monoisotopic (exact) mass is 271 g/mol. The minimum absolute atomic E-state index is 0.398. The molecule has 1 aromatic heterocycles. The van der Waals surface area contributed by atoms with Gasteiger partial charge in [0.1, 0.15) is 5.75 Å². The maximum Gasteiger partial charge on any atom is 0.122 e. The summed E-state index contributed by atoms with van der Waals surface area (Å²) >= 11 is 0. The third-order valence-corrected chi connectivity index (χ3v) is 3.27. The molecule has 0 radical (unpaired) electrons. The van der Waals surface area contributed by atoms with Crippen molar-refractivity contribution in [1.82, 2.24) is 10.2 Å². The molecule has 0 aliphatic heterocycles. The van der Waals surface area contributed by atoms with E-state index in [0.717, 1.165) is 29.1 Å². The van der Waals surface area contributed by atoms with Crippen molar-refractivity contribution in [2.45, 2.75) is 26.2 Å². The van der Waals surface area contributed by atoms with Gasteiger partial charge in [0.15, 0.2) is 0 Å². The summed E-state index contributed by atoms with van der Waals surface area (Å²) in [7, 11) is 1.70. The SMILES string of the molecule is COc1ccc(-c2ccc(CCN)nn2)cc1C(C)C. The highest BCUT2D eigenvalue weighted by Gasteiger charge is 2.10. The lowest BCUT2D eigenvalue weighted by Gasteiger charge is -2.13. The molecule has 2 rings (SSSR count). The second-order valence-corrected chi connectivity index (χ2v) is 5.06. The Labute approximate surface area is 120 Å². The first kappa shape index (κ1) is 14.5. The molecular formula is C16H21N3O. The molecule has 1 aromatic carbocycles. The zero-order valence-electron chi connectivity index (χ0n) is 12.3. The molecule has 1 heterocycles. The van der Waals surface area contributed by atoms with Crippen LogP contribution in [0.1, 0.15) is 31.0 Å². The van der Waals surface area contributed by atoms with E-state index in [4.69, 9.17) is 10.5 Å².